The first-order valence-electron chi connectivity index (χ1n) is 5.21. The molecular weight excluding hydrogens is 228 g/mol. The molecule has 0 aliphatic heterocycles. The molecule has 0 radical (unpaired) electrons. The standard InChI is InChI=1S/C11H15ClN2S/c1-7-9(13)4-5-10(7)15-11-8(12)3-2-6-14-11/h2-3,6-7,9-10H,4-5,13H2,1H3. The maximum atomic E-state index is 6.07. The van der Waals surface area contributed by atoms with Crippen LogP contribution in [0, 0.1) is 5.92 Å². The number of aromatic nitrogens is 1. The van der Waals surface area contributed by atoms with Crippen LogP contribution in [0.25, 0.3) is 0 Å². The molecule has 3 unspecified atom stereocenters. The predicted octanol–water partition coefficient (Wildman–Crippen LogP) is 2.95. The Hall–Kier alpha value is -0.250. The Morgan fingerprint density at radius 3 is 2.93 bits per heavy atom. The lowest BCUT2D eigenvalue weighted by molar-refractivity contribution is 0.535. The molecular formula is C11H15ClN2S. The minimum Gasteiger partial charge on any atom is -0.327 e. The van der Waals surface area contributed by atoms with E-state index in [0.717, 1.165) is 16.5 Å². The number of rotatable bonds is 2. The van der Waals surface area contributed by atoms with Gasteiger partial charge in [-0.15, -0.1) is 11.8 Å². The van der Waals surface area contributed by atoms with Gasteiger partial charge in [-0.3, -0.25) is 0 Å². The Kier molecular flexibility index (Phi) is 3.54. The van der Waals surface area contributed by atoms with Crippen molar-refractivity contribution in [2.24, 2.45) is 11.7 Å². The van der Waals surface area contributed by atoms with Gasteiger partial charge in [-0.05, 0) is 30.9 Å². The topological polar surface area (TPSA) is 38.9 Å². The van der Waals surface area contributed by atoms with Crippen LogP contribution in [-0.4, -0.2) is 16.3 Å². The van der Waals surface area contributed by atoms with E-state index in [-0.39, 0.29) is 0 Å². The van der Waals surface area contributed by atoms with Crippen LogP contribution in [0.15, 0.2) is 23.4 Å². The summed E-state index contributed by atoms with van der Waals surface area (Å²) >= 11 is 7.84. The molecule has 1 saturated carbocycles. The average molecular weight is 243 g/mol. The normalized spacial score (nSPS) is 30.7. The Morgan fingerprint density at radius 2 is 2.33 bits per heavy atom. The molecule has 2 nitrogen and oxygen atoms in total. The summed E-state index contributed by atoms with van der Waals surface area (Å²) < 4.78 is 0. The van der Waals surface area contributed by atoms with Crippen LogP contribution in [0.3, 0.4) is 0 Å². The van der Waals surface area contributed by atoms with Crippen LogP contribution in [0.1, 0.15) is 19.8 Å². The van der Waals surface area contributed by atoms with E-state index in [1.165, 1.54) is 6.42 Å². The first-order chi connectivity index (χ1) is 7.18. The van der Waals surface area contributed by atoms with Crippen molar-refractivity contribution in [1.29, 1.82) is 0 Å². The Balaban J connectivity index is 2.07. The molecule has 3 atom stereocenters. The van der Waals surface area contributed by atoms with Gasteiger partial charge in [0.1, 0.15) is 5.03 Å². The molecule has 1 aliphatic rings. The molecule has 1 aromatic rings. The fourth-order valence-electron chi connectivity index (χ4n) is 1.93. The van der Waals surface area contributed by atoms with Gasteiger partial charge >= 0.3 is 0 Å². The molecule has 0 amide bonds. The van der Waals surface area contributed by atoms with E-state index in [2.05, 4.69) is 11.9 Å². The molecule has 2 rings (SSSR count). The highest BCUT2D eigenvalue weighted by atomic mass is 35.5. The molecule has 1 fully saturated rings. The van der Waals surface area contributed by atoms with Crippen molar-refractivity contribution in [2.75, 3.05) is 0 Å². The molecule has 1 heterocycles. The summed E-state index contributed by atoms with van der Waals surface area (Å²) in [5.74, 6) is 0.549. The Labute approximate surface area is 99.6 Å². The highest BCUT2D eigenvalue weighted by molar-refractivity contribution is 8.00. The van der Waals surface area contributed by atoms with Crippen LogP contribution < -0.4 is 5.73 Å². The van der Waals surface area contributed by atoms with E-state index in [1.807, 2.05) is 12.1 Å². The maximum absolute atomic E-state index is 6.07. The van der Waals surface area contributed by atoms with E-state index < -0.39 is 0 Å². The van der Waals surface area contributed by atoms with Crippen molar-refractivity contribution in [3.05, 3.63) is 23.4 Å². The number of thioether (sulfide) groups is 1. The Bertz CT molecular complexity index is 345. The van der Waals surface area contributed by atoms with E-state index in [9.17, 15) is 0 Å². The molecule has 0 bridgehead atoms. The number of nitrogens with zero attached hydrogens (tertiary/aromatic N) is 1. The number of nitrogens with two attached hydrogens (primary N) is 1. The monoisotopic (exact) mass is 242 g/mol. The molecule has 82 valence electrons. The van der Waals surface area contributed by atoms with Crippen molar-refractivity contribution in [3.63, 3.8) is 0 Å². The second-order valence-electron chi connectivity index (χ2n) is 4.05. The van der Waals surface area contributed by atoms with Crippen LogP contribution in [0.5, 0.6) is 0 Å². The summed E-state index contributed by atoms with van der Waals surface area (Å²) in [6.07, 6.45) is 4.07. The van der Waals surface area contributed by atoms with Gasteiger partial charge in [-0.1, -0.05) is 18.5 Å². The second-order valence-corrected chi connectivity index (χ2v) is 5.68. The zero-order valence-corrected chi connectivity index (χ0v) is 10.3. The van der Waals surface area contributed by atoms with E-state index in [4.69, 9.17) is 17.3 Å². The van der Waals surface area contributed by atoms with Gasteiger partial charge in [0.2, 0.25) is 0 Å². The van der Waals surface area contributed by atoms with Gasteiger partial charge in [-0.2, -0.15) is 0 Å². The third-order valence-corrected chi connectivity index (χ3v) is 4.97. The van der Waals surface area contributed by atoms with Gasteiger partial charge in [0.15, 0.2) is 0 Å². The Morgan fingerprint density at radius 1 is 1.53 bits per heavy atom. The molecule has 1 aromatic heterocycles. The molecule has 0 spiro atoms. The fraction of sp³-hybridized carbons (Fsp3) is 0.545. The maximum Gasteiger partial charge on any atom is 0.115 e. The largest absolute Gasteiger partial charge is 0.327 e. The fourth-order valence-corrected chi connectivity index (χ4v) is 3.44. The first kappa shape index (κ1) is 11.2. The van der Waals surface area contributed by atoms with E-state index in [1.54, 1.807) is 18.0 Å². The quantitative estimate of drug-likeness (QED) is 0.867. The zero-order valence-electron chi connectivity index (χ0n) is 8.69. The summed E-state index contributed by atoms with van der Waals surface area (Å²) in [4.78, 5) is 4.29. The SMILES string of the molecule is CC1C(N)CCC1Sc1ncccc1Cl. The third kappa shape index (κ3) is 2.47. The van der Waals surface area contributed by atoms with Crippen molar-refractivity contribution >= 4 is 23.4 Å². The number of halogens is 1. The molecule has 2 N–H and O–H groups in total. The van der Waals surface area contributed by atoms with E-state index >= 15 is 0 Å². The van der Waals surface area contributed by atoms with Crippen LogP contribution in [0.4, 0.5) is 0 Å². The highest BCUT2D eigenvalue weighted by Gasteiger charge is 2.31. The highest BCUT2D eigenvalue weighted by Crippen LogP contribution is 2.39. The van der Waals surface area contributed by atoms with Crippen LogP contribution in [-0.2, 0) is 0 Å². The van der Waals surface area contributed by atoms with Gasteiger partial charge in [0, 0.05) is 17.5 Å². The van der Waals surface area contributed by atoms with Crippen molar-refractivity contribution < 1.29 is 0 Å². The molecule has 15 heavy (non-hydrogen) atoms. The molecule has 0 aromatic carbocycles. The predicted molar refractivity (Wildman–Crippen MR) is 65.3 cm³/mol. The first-order valence-corrected chi connectivity index (χ1v) is 6.47. The summed E-state index contributed by atoms with van der Waals surface area (Å²) in [6, 6.07) is 4.08. The van der Waals surface area contributed by atoms with Crippen molar-refractivity contribution in [3.8, 4) is 0 Å². The lowest BCUT2D eigenvalue weighted by Gasteiger charge is -2.17. The molecule has 4 heteroatoms. The molecule has 1 aliphatic carbocycles. The zero-order chi connectivity index (χ0) is 10.8. The van der Waals surface area contributed by atoms with Crippen molar-refractivity contribution in [1.82, 2.24) is 4.98 Å². The van der Waals surface area contributed by atoms with Gasteiger partial charge in [0.25, 0.3) is 0 Å². The number of hydrogen-bond donors (Lipinski definition) is 1. The minimum absolute atomic E-state index is 0.338. The third-order valence-electron chi connectivity index (χ3n) is 3.03. The summed E-state index contributed by atoms with van der Waals surface area (Å²) in [6.45, 7) is 2.21. The second kappa shape index (κ2) is 4.73. The smallest absolute Gasteiger partial charge is 0.115 e. The summed E-state index contributed by atoms with van der Waals surface area (Å²) in [5, 5.41) is 2.24. The lowest BCUT2D eigenvalue weighted by atomic mass is 10.1. The van der Waals surface area contributed by atoms with Gasteiger partial charge < -0.3 is 5.73 Å². The summed E-state index contributed by atoms with van der Waals surface area (Å²) in [7, 11) is 0. The van der Waals surface area contributed by atoms with Gasteiger partial charge in [0.05, 0.1) is 5.02 Å². The number of pyridine rings is 1. The summed E-state index contributed by atoms with van der Waals surface area (Å²) in [5.41, 5.74) is 5.99. The number of hydrogen-bond acceptors (Lipinski definition) is 3. The lowest BCUT2D eigenvalue weighted by Crippen LogP contribution is -2.26. The molecule has 0 saturated heterocycles. The van der Waals surface area contributed by atoms with Crippen molar-refractivity contribution in [2.45, 2.75) is 36.1 Å². The van der Waals surface area contributed by atoms with E-state index in [0.29, 0.717) is 17.2 Å². The average Bonchev–Trinajstić information content (AvgIpc) is 2.53. The van der Waals surface area contributed by atoms with Gasteiger partial charge in [-0.25, -0.2) is 4.98 Å². The van der Waals surface area contributed by atoms with Crippen LogP contribution in [0.2, 0.25) is 5.02 Å². The van der Waals surface area contributed by atoms with Crippen LogP contribution >= 0.6 is 23.4 Å². The minimum atomic E-state index is 0.338.